The fourth-order valence-corrected chi connectivity index (χ4v) is 2.24. The van der Waals surface area contributed by atoms with Crippen LogP contribution in [0.2, 0.25) is 0 Å². The van der Waals surface area contributed by atoms with Crippen molar-refractivity contribution >= 4 is 35.6 Å². The van der Waals surface area contributed by atoms with E-state index in [9.17, 15) is 29.1 Å². The number of carbonyl (C=O) groups is 5. The molecule has 0 aliphatic carbocycles. The van der Waals surface area contributed by atoms with Crippen LogP contribution in [0.1, 0.15) is 19.3 Å². The zero-order valence-electron chi connectivity index (χ0n) is 17.1. The van der Waals surface area contributed by atoms with Crippen molar-refractivity contribution in [1.29, 1.82) is 0 Å². The Balaban J connectivity index is 5.05. The lowest BCUT2D eigenvalue weighted by atomic mass is 10.1. The Kier molecular flexibility index (Phi) is 12.9. The van der Waals surface area contributed by atoms with E-state index in [1.54, 1.807) is 0 Å². The molecule has 0 fully saturated rings. The van der Waals surface area contributed by atoms with E-state index in [-0.39, 0.29) is 18.9 Å². The molecule has 0 radical (unpaired) electrons. The fourth-order valence-electron chi connectivity index (χ4n) is 2.24. The van der Waals surface area contributed by atoms with Crippen LogP contribution < -0.4 is 33.2 Å². The molecule has 32 heavy (non-hydrogen) atoms. The minimum atomic E-state index is -1.76. The second kappa shape index (κ2) is 14.5. The first-order valence-electron chi connectivity index (χ1n) is 9.31. The summed E-state index contributed by atoms with van der Waals surface area (Å²) < 4.78 is 0. The zero-order valence-corrected chi connectivity index (χ0v) is 17.1. The summed E-state index contributed by atoms with van der Waals surface area (Å²) in [5, 5.41) is 42.2. The summed E-state index contributed by atoms with van der Waals surface area (Å²) in [6.07, 6.45) is -0.450. The van der Waals surface area contributed by atoms with Crippen molar-refractivity contribution in [2.45, 2.75) is 43.4 Å². The van der Waals surface area contributed by atoms with Gasteiger partial charge in [-0.15, -0.1) is 0 Å². The van der Waals surface area contributed by atoms with Crippen LogP contribution in [0.4, 0.5) is 0 Å². The first-order chi connectivity index (χ1) is 14.9. The predicted octanol–water partition coefficient (Wildman–Crippen LogP) is -5.63. The van der Waals surface area contributed by atoms with E-state index in [0.29, 0.717) is 6.42 Å². The summed E-state index contributed by atoms with van der Waals surface area (Å²) in [6.45, 7) is -1.68. The van der Waals surface area contributed by atoms with Crippen molar-refractivity contribution < 1.29 is 44.4 Å². The molecular weight excluding hydrogens is 434 g/mol. The molecule has 0 aliphatic heterocycles. The second-order valence-corrected chi connectivity index (χ2v) is 6.54. The average molecular weight is 463 g/mol. The van der Waals surface area contributed by atoms with Crippen LogP contribution in [0.25, 0.3) is 0 Å². The van der Waals surface area contributed by atoms with Crippen LogP contribution in [0.5, 0.6) is 0 Å². The molecule has 13 N–H and O–H groups in total. The minimum Gasteiger partial charge on any atom is -0.481 e. The molecule has 16 nitrogen and oxygen atoms in total. The van der Waals surface area contributed by atoms with E-state index in [2.05, 4.69) is 10.3 Å². The molecule has 0 aromatic heterocycles. The summed E-state index contributed by atoms with van der Waals surface area (Å²) in [5.41, 5.74) is 16.0. The Bertz CT molecular complexity index is 712. The van der Waals surface area contributed by atoms with E-state index < -0.39 is 73.5 Å². The largest absolute Gasteiger partial charge is 0.481 e. The maximum atomic E-state index is 12.3. The number of nitrogens with zero attached hydrogens (tertiary/aromatic N) is 1. The highest BCUT2D eigenvalue weighted by Crippen LogP contribution is 1.99. The quantitative estimate of drug-likeness (QED) is 0.0617. The summed E-state index contributed by atoms with van der Waals surface area (Å²) >= 11 is 0. The molecule has 0 aliphatic rings. The molecule has 0 saturated heterocycles. The molecule has 0 aromatic rings. The number of nitrogens with two attached hydrogens (primary N) is 3. The number of nitrogens with one attached hydrogen (secondary N) is 3. The molecule has 16 heteroatoms. The summed E-state index contributed by atoms with van der Waals surface area (Å²) in [4.78, 5) is 62.3. The number of aliphatic carboxylic acids is 2. The highest BCUT2D eigenvalue weighted by Gasteiger charge is 2.31. The number of carboxylic acid groups (broad SMARTS) is 2. The van der Waals surface area contributed by atoms with Crippen LogP contribution in [0, 0.1) is 0 Å². The number of carbonyl (C=O) groups excluding carboxylic acids is 3. The van der Waals surface area contributed by atoms with E-state index in [4.69, 9.17) is 32.5 Å². The number of carboxylic acids is 2. The number of rotatable bonds is 15. The van der Waals surface area contributed by atoms with Gasteiger partial charge in [0.25, 0.3) is 0 Å². The molecule has 3 amide bonds. The molecular formula is C16H29N7O9. The van der Waals surface area contributed by atoms with Gasteiger partial charge in [-0.3, -0.25) is 24.2 Å². The van der Waals surface area contributed by atoms with Crippen molar-refractivity contribution in [1.82, 2.24) is 16.0 Å². The standard InChI is InChI=1S/C16H29N7O9/c17-7(2-1-3-20-16(18)19)12(28)22-9(5-24)14(30)21-8(4-11(26)27)13(29)23-10(6-25)15(31)32/h7-10,24-25H,1-6,17H2,(H,21,30)(H,22,28)(H,23,29)(H,26,27)(H,31,32)(H4,18,19,20). The van der Waals surface area contributed by atoms with Crippen LogP contribution in [-0.2, 0) is 24.0 Å². The molecule has 0 bridgehead atoms. The first-order valence-corrected chi connectivity index (χ1v) is 9.31. The molecule has 4 atom stereocenters. The highest BCUT2D eigenvalue weighted by atomic mass is 16.4. The highest BCUT2D eigenvalue weighted by molar-refractivity contribution is 5.95. The van der Waals surface area contributed by atoms with Gasteiger partial charge in [-0.25, -0.2) is 4.79 Å². The first kappa shape index (κ1) is 28.5. The van der Waals surface area contributed by atoms with Crippen molar-refractivity contribution in [3.05, 3.63) is 0 Å². The van der Waals surface area contributed by atoms with E-state index in [0.717, 1.165) is 0 Å². The number of guanidine groups is 1. The lowest BCUT2D eigenvalue weighted by molar-refractivity contribution is -0.144. The van der Waals surface area contributed by atoms with Crippen molar-refractivity contribution in [2.24, 2.45) is 22.2 Å². The van der Waals surface area contributed by atoms with Crippen LogP contribution in [-0.4, -0.2) is 100.0 Å². The molecule has 0 aromatic carbocycles. The number of hydrogen-bond acceptors (Lipinski definition) is 9. The van der Waals surface area contributed by atoms with Crippen molar-refractivity contribution in [2.75, 3.05) is 19.8 Å². The van der Waals surface area contributed by atoms with E-state index >= 15 is 0 Å². The van der Waals surface area contributed by atoms with Gasteiger partial charge < -0.3 is 53.6 Å². The topological polar surface area (TPSA) is 293 Å². The van der Waals surface area contributed by atoms with Crippen molar-refractivity contribution in [3.8, 4) is 0 Å². The molecule has 0 saturated carbocycles. The summed E-state index contributed by atoms with van der Waals surface area (Å²) in [5.74, 6) is -6.36. The maximum absolute atomic E-state index is 12.3. The van der Waals surface area contributed by atoms with Crippen LogP contribution in [0.3, 0.4) is 0 Å². The number of aliphatic hydroxyl groups excluding tert-OH is 2. The third-order valence-corrected chi connectivity index (χ3v) is 3.93. The van der Waals surface area contributed by atoms with Gasteiger partial charge >= 0.3 is 11.9 Å². The SMILES string of the molecule is NC(N)=NCCCC(N)C(=O)NC(CO)C(=O)NC(CC(=O)O)C(=O)NC(CO)C(=O)O. The van der Waals surface area contributed by atoms with Crippen LogP contribution in [0.15, 0.2) is 4.99 Å². The Morgan fingerprint density at radius 3 is 1.78 bits per heavy atom. The van der Waals surface area contributed by atoms with Gasteiger partial charge in [0, 0.05) is 6.54 Å². The number of amides is 3. The summed E-state index contributed by atoms with van der Waals surface area (Å²) in [6, 6.07) is -6.15. The Morgan fingerprint density at radius 1 is 0.812 bits per heavy atom. The van der Waals surface area contributed by atoms with Gasteiger partial charge in [0.1, 0.15) is 18.1 Å². The Hall–Kier alpha value is -3.50. The number of aliphatic imine (C=N–C) groups is 1. The normalized spacial score (nSPS) is 14.2. The van der Waals surface area contributed by atoms with Crippen LogP contribution >= 0.6 is 0 Å². The zero-order chi connectivity index (χ0) is 24.8. The molecule has 0 rings (SSSR count). The van der Waals surface area contributed by atoms with Crippen molar-refractivity contribution in [3.63, 3.8) is 0 Å². The lowest BCUT2D eigenvalue weighted by Crippen LogP contribution is -2.58. The second-order valence-electron chi connectivity index (χ2n) is 6.54. The van der Waals surface area contributed by atoms with E-state index in [1.807, 2.05) is 10.6 Å². The average Bonchev–Trinajstić information content (AvgIpc) is 2.71. The van der Waals surface area contributed by atoms with Gasteiger partial charge in [0.2, 0.25) is 17.7 Å². The fraction of sp³-hybridized carbons (Fsp3) is 0.625. The number of hydrogen-bond donors (Lipinski definition) is 10. The monoisotopic (exact) mass is 463 g/mol. The van der Waals surface area contributed by atoms with Gasteiger partial charge in [0.05, 0.1) is 25.7 Å². The predicted molar refractivity (Wildman–Crippen MR) is 108 cm³/mol. The Labute approximate surface area is 182 Å². The van der Waals surface area contributed by atoms with Gasteiger partial charge in [-0.2, -0.15) is 0 Å². The summed E-state index contributed by atoms with van der Waals surface area (Å²) in [7, 11) is 0. The minimum absolute atomic E-state index is 0.131. The molecule has 4 unspecified atom stereocenters. The van der Waals surface area contributed by atoms with Gasteiger partial charge in [-0.1, -0.05) is 0 Å². The maximum Gasteiger partial charge on any atom is 0.328 e. The number of aliphatic hydroxyl groups is 2. The third kappa shape index (κ3) is 11.0. The lowest BCUT2D eigenvalue weighted by Gasteiger charge is -2.23. The smallest absolute Gasteiger partial charge is 0.328 e. The van der Waals surface area contributed by atoms with Gasteiger partial charge in [0.15, 0.2) is 5.96 Å². The van der Waals surface area contributed by atoms with E-state index in [1.165, 1.54) is 0 Å². The Morgan fingerprint density at radius 2 is 1.31 bits per heavy atom. The van der Waals surface area contributed by atoms with Gasteiger partial charge in [-0.05, 0) is 12.8 Å². The molecule has 0 spiro atoms. The molecule has 182 valence electrons. The molecule has 0 heterocycles. The third-order valence-electron chi connectivity index (χ3n) is 3.93.